The van der Waals surface area contributed by atoms with Gasteiger partial charge in [-0.1, -0.05) is 36.7 Å². The summed E-state index contributed by atoms with van der Waals surface area (Å²) in [5, 5.41) is 4.12. The number of likely N-dealkylation sites (N-methyl/N-ethyl adjacent to an activating group) is 1. The number of rotatable bonds is 6. The Kier molecular flexibility index (Phi) is 5.81. The summed E-state index contributed by atoms with van der Waals surface area (Å²) in [6, 6.07) is 8.26. The Bertz CT molecular complexity index is 313. The number of nitrogens with one attached hydrogen (secondary N) is 1. The first kappa shape index (κ1) is 13.5. The van der Waals surface area contributed by atoms with Crippen molar-refractivity contribution in [1.29, 1.82) is 0 Å². The van der Waals surface area contributed by atoms with Crippen molar-refractivity contribution in [2.24, 2.45) is 0 Å². The molecule has 0 aliphatic heterocycles. The van der Waals surface area contributed by atoms with Gasteiger partial charge in [-0.05, 0) is 31.5 Å². The fraction of sp³-hybridized carbons (Fsp3) is 0.538. The van der Waals surface area contributed by atoms with Gasteiger partial charge in [-0.2, -0.15) is 0 Å². The third-order valence-corrected chi connectivity index (χ3v) is 3.29. The summed E-state index contributed by atoms with van der Waals surface area (Å²) in [6.07, 6.45) is 2.11. The van der Waals surface area contributed by atoms with Crippen LogP contribution in [0.5, 0.6) is 0 Å². The molecule has 0 aromatic heterocycles. The van der Waals surface area contributed by atoms with E-state index in [2.05, 4.69) is 18.3 Å². The van der Waals surface area contributed by atoms with Crippen LogP contribution in [-0.4, -0.2) is 26.3 Å². The van der Waals surface area contributed by atoms with Gasteiger partial charge < -0.3 is 10.1 Å². The standard InChI is InChI=1S/C13H20ClNO/c1-4-13(16-3)12(15-2)9-10-7-5-6-8-11(10)14/h5-8,12-13,15H,4,9H2,1-3H3. The van der Waals surface area contributed by atoms with Crippen LogP contribution in [0, 0.1) is 0 Å². The molecule has 1 rings (SSSR count). The highest BCUT2D eigenvalue weighted by Gasteiger charge is 2.18. The Morgan fingerprint density at radius 2 is 2.06 bits per heavy atom. The number of hydrogen-bond acceptors (Lipinski definition) is 2. The molecule has 0 saturated carbocycles. The molecule has 0 heterocycles. The molecule has 1 aromatic rings. The van der Waals surface area contributed by atoms with Gasteiger partial charge in [0.25, 0.3) is 0 Å². The molecule has 2 nitrogen and oxygen atoms in total. The van der Waals surface area contributed by atoms with Crippen LogP contribution in [0.25, 0.3) is 0 Å². The zero-order chi connectivity index (χ0) is 12.0. The maximum absolute atomic E-state index is 6.15. The van der Waals surface area contributed by atoms with Gasteiger partial charge in [0.15, 0.2) is 0 Å². The van der Waals surface area contributed by atoms with Crippen molar-refractivity contribution >= 4 is 11.6 Å². The van der Waals surface area contributed by atoms with E-state index in [1.165, 1.54) is 5.56 Å². The second-order valence-corrected chi connectivity index (χ2v) is 4.28. The quantitative estimate of drug-likeness (QED) is 0.827. The molecule has 0 amide bonds. The Morgan fingerprint density at radius 1 is 1.38 bits per heavy atom. The van der Waals surface area contributed by atoms with Crippen molar-refractivity contribution in [2.45, 2.75) is 31.9 Å². The molecule has 0 aliphatic rings. The number of ether oxygens (including phenoxy) is 1. The predicted molar refractivity (Wildman–Crippen MR) is 69.1 cm³/mol. The third-order valence-electron chi connectivity index (χ3n) is 2.92. The minimum atomic E-state index is 0.223. The zero-order valence-electron chi connectivity index (χ0n) is 10.2. The lowest BCUT2D eigenvalue weighted by Gasteiger charge is -2.25. The normalized spacial score (nSPS) is 14.8. The van der Waals surface area contributed by atoms with Crippen LogP contribution in [0.3, 0.4) is 0 Å². The van der Waals surface area contributed by atoms with Gasteiger partial charge in [0, 0.05) is 18.2 Å². The van der Waals surface area contributed by atoms with Gasteiger partial charge >= 0.3 is 0 Å². The van der Waals surface area contributed by atoms with E-state index in [1.807, 2.05) is 25.2 Å². The van der Waals surface area contributed by atoms with E-state index in [1.54, 1.807) is 7.11 Å². The molecule has 16 heavy (non-hydrogen) atoms. The summed E-state index contributed by atoms with van der Waals surface area (Å²) in [5.41, 5.74) is 1.17. The fourth-order valence-corrected chi connectivity index (χ4v) is 2.15. The molecular formula is C13H20ClNO. The Labute approximate surface area is 103 Å². The van der Waals surface area contributed by atoms with Gasteiger partial charge in [-0.15, -0.1) is 0 Å². The average Bonchev–Trinajstić information content (AvgIpc) is 2.31. The van der Waals surface area contributed by atoms with E-state index < -0.39 is 0 Å². The maximum atomic E-state index is 6.15. The first-order valence-electron chi connectivity index (χ1n) is 5.66. The highest BCUT2D eigenvalue weighted by atomic mass is 35.5. The van der Waals surface area contributed by atoms with Crippen LogP contribution in [0.15, 0.2) is 24.3 Å². The minimum Gasteiger partial charge on any atom is -0.380 e. The number of hydrogen-bond donors (Lipinski definition) is 1. The van der Waals surface area contributed by atoms with Crippen LogP contribution in [-0.2, 0) is 11.2 Å². The van der Waals surface area contributed by atoms with Gasteiger partial charge in [0.05, 0.1) is 6.10 Å². The van der Waals surface area contributed by atoms with E-state index in [0.29, 0.717) is 6.04 Å². The molecule has 3 heteroatoms. The largest absolute Gasteiger partial charge is 0.380 e. The molecule has 0 radical (unpaired) electrons. The van der Waals surface area contributed by atoms with Crippen molar-refractivity contribution < 1.29 is 4.74 Å². The van der Waals surface area contributed by atoms with Crippen molar-refractivity contribution in [1.82, 2.24) is 5.32 Å². The van der Waals surface area contributed by atoms with E-state index >= 15 is 0 Å². The Balaban J connectivity index is 2.73. The maximum Gasteiger partial charge on any atom is 0.0724 e. The topological polar surface area (TPSA) is 21.3 Å². The average molecular weight is 242 g/mol. The molecule has 0 saturated heterocycles. The predicted octanol–water partition coefficient (Wildman–Crippen LogP) is 2.90. The van der Waals surface area contributed by atoms with Crippen molar-refractivity contribution in [2.75, 3.05) is 14.2 Å². The molecule has 90 valence electrons. The summed E-state index contributed by atoms with van der Waals surface area (Å²) in [6.45, 7) is 2.13. The van der Waals surface area contributed by atoms with Gasteiger partial charge in [0.2, 0.25) is 0 Å². The van der Waals surface area contributed by atoms with E-state index in [-0.39, 0.29) is 6.10 Å². The lowest BCUT2D eigenvalue weighted by Crippen LogP contribution is -2.40. The summed E-state index contributed by atoms with van der Waals surface area (Å²) < 4.78 is 5.46. The summed E-state index contributed by atoms with van der Waals surface area (Å²) >= 11 is 6.15. The highest BCUT2D eigenvalue weighted by Crippen LogP contribution is 2.18. The molecule has 2 unspecified atom stereocenters. The van der Waals surface area contributed by atoms with Crippen LogP contribution in [0.4, 0.5) is 0 Å². The third kappa shape index (κ3) is 3.48. The molecular weight excluding hydrogens is 222 g/mol. The zero-order valence-corrected chi connectivity index (χ0v) is 10.9. The smallest absolute Gasteiger partial charge is 0.0724 e. The molecule has 0 aliphatic carbocycles. The van der Waals surface area contributed by atoms with Gasteiger partial charge in [-0.25, -0.2) is 0 Å². The van der Waals surface area contributed by atoms with Crippen LogP contribution in [0.1, 0.15) is 18.9 Å². The number of methoxy groups -OCH3 is 1. The Morgan fingerprint density at radius 3 is 2.56 bits per heavy atom. The summed E-state index contributed by atoms with van der Waals surface area (Å²) in [4.78, 5) is 0. The first-order chi connectivity index (χ1) is 7.72. The Hall–Kier alpha value is -0.570. The van der Waals surface area contributed by atoms with Crippen molar-refractivity contribution in [3.8, 4) is 0 Å². The van der Waals surface area contributed by atoms with Gasteiger partial charge in [0.1, 0.15) is 0 Å². The van der Waals surface area contributed by atoms with Crippen LogP contribution < -0.4 is 5.32 Å². The second-order valence-electron chi connectivity index (χ2n) is 3.87. The first-order valence-corrected chi connectivity index (χ1v) is 6.04. The number of halogens is 1. The molecule has 0 spiro atoms. The highest BCUT2D eigenvalue weighted by molar-refractivity contribution is 6.31. The minimum absolute atomic E-state index is 0.223. The van der Waals surface area contributed by atoms with Crippen LogP contribution in [0.2, 0.25) is 5.02 Å². The monoisotopic (exact) mass is 241 g/mol. The lowest BCUT2D eigenvalue weighted by atomic mass is 10.00. The number of benzene rings is 1. The van der Waals surface area contributed by atoms with E-state index in [4.69, 9.17) is 16.3 Å². The molecule has 0 fully saturated rings. The molecule has 2 atom stereocenters. The molecule has 1 N–H and O–H groups in total. The van der Waals surface area contributed by atoms with Crippen molar-refractivity contribution in [3.63, 3.8) is 0 Å². The molecule has 0 bridgehead atoms. The van der Waals surface area contributed by atoms with E-state index in [0.717, 1.165) is 17.9 Å². The summed E-state index contributed by atoms with van der Waals surface area (Å²) in [5.74, 6) is 0. The lowest BCUT2D eigenvalue weighted by molar-refractivity contribution is 0.0678. The second kappa shape index (κ2) is 6.89. The summed E-state index contributed by atoms with van der Waals surface area (Å²) in [7, 11) is 3.72. The molecule has 1 aromatic carbocycles. The van der Waals surface area contributed by atoms with Crippen molar-refractivity contribution in [3.05, 3.63) is 34.9 Å². The van der Waals surface area contributed by atoms with Gasteiger partial charge in [-0.3, -0.25) is 0 Å². The fourth-order valence-electron chi connectivity index (χ4n) is 1.94. The van der Waals surface area contributed by atoms with E-state index in [9.17, 15) is 0 Å². The SMILES string of the molecule is CCC(OC)C(Cc1ccccc1Cl)NC. The van der Waals surface area contributed by atoms with Crippen LogP contribution >= 0.6 is 11.6 Å².